The van der Waals surface area contributed by atoms with Crippen molar-refractivity contribution >= 4 is 33.3 Å². The van der Waals surface area contributed by atoms with E-state index in [0.29, 0.717) is 18.9 Å². The molecule has 1 unspecified atom stereocenters. The van der Waals surface area contributed by atoms with E-state index in [2.05, 4.69) is 15.1 Å². The van der Waals surface area contributed by atoms with Crippen molar-refractivity contribution in [3.8, 4) is 0 Å². The number of hydrogen-bond acceptors (Lipinski definition) is 8. The molecule has 1 saturated heterocycles. The Balaban J connectivity index is 1.67. The molecule has 3 aromatic rings. The summed E-state index contributed by atoms with van der Waals surface area (Å²) in [6, 6.07) is 5.64. The first-order valence-electron chi connectivity index (χ1n) is 8.98. The van der Waals surface area contributed by atoms with Gasteiger partial charge in [0.1, 0.15) is 0 Å². The Morgan fingerprint density at radius 3 is 2.90 bits per heavy atom. The maximum absolute atomic E-state index is 13.0. The lowest BCUT2D eigenvalue weighted by Crippen LogP contribution is -2.39. The lowest BCUT2D eigenvalue weighted by atomic mass is 10.0. The summed E-state index contributed by atoms with van der Waals surface area (Å²) in [5.74, 6) is 0.633. The number of nitro groups is 1. The number of rotatable bonds is 5. The first kappa shape index (κ1) is 19.7. The highest BCUT2D eigenvalue weighted by atomic mass is 32.2. The SMILES string of the molecule is CC1CCCN(S(=O)(=O)c2ccc(Sc3nc4ncccn4n3)c([N+](=O)[O-])c2)C1. The van der Waals surface area contributed by atoms with E-state index in [1.807, 2.05) is 6.92 Å². The van der Waals surface area contributed by atoms with Crippen LogP contribution in [0.3, 0.4) is 0 Å². The molecule has 0 spiro atoms. The van der Waals surface area contributed by atoms with E-state index in [1.165, 1.54) is 21.0 Å². The molecule has 1 aromatic carbocycles. The van der Waals surface area contributed by atoms with E-state index in [9.17, 15) is 18.5 Å². The van der Waals surface area contributed by atoms with Crippen LogP contribution < -0.4 is 0 Å². The smallest absolute Gasteiger partial charge is 0.258 e. The van der Waals surface area contributed by atoms with Crippen LogP contribution in [0.4, 0.5) is 5.69 Å². The summed E-state index contributed by atoms with van der Waals surface area (Å²) in [7, 11) is -3.79. The molecule has 4 rings (SSSR count). The Hall–Kier alpha value is -2.57. The van der Waals surface area contributed by atoms with Crippen LogP contribution in [0.25, 0.3) is 5.78 Å². The molecule has 10 nitrogen and oxygen atoms in total. The van der Waals surface area contributed by atoms with E-state index in [4.69, 9.17) is 0 Å². The maximum Gasteiger partial charge on any atom is 0.284 e. The number of hydrogen-bond donors (Lipinski definition) is 0. The zero-order valence-corrected chi connectivity index (χ0v) is 17.1. The topological polar surface area (TPSA) is 124 Å². The third kappa shape index (κ3) is 3.95. The molecule has 0 amide bonds. The molecular weight excluding hydrogens is 416 g/mol. The van der Waals surface area contributed by atoms with Gasteiger partial charge in [-0.05, 0) is 48.7 Å². The fourth-order valence-corrected chi connectivity index (χ4v) is 5.70. The summed E-state index contributed by atoms with van der Waals surface area (Å²) in [5.41, 5.74) is -0.298. The normalized spacial score (nSPS) is 18.2. The van der Waals surface area contributed by atoms with Gasteiger partial charge in [0.25, 0.3) is 11.5 Å². The van der Waals surface area contributed by atoms with Crippen molar-refractivity contribution in [2.24, 2.45) is 5.92 Å². The van der Waals surface area contributed by atoms with Crippen LogP contribution in [0.1, 0.15) is 19.8 Å². The Kier molecular flexibility index (Phi) is 5.23. The molecule has 0 bridgehead atoms. The molecule has 0 N–H and O–H groups in total. The summed E-state index contributed by atoms with van der Waals surface area (Å²) in [5, 5.41) is 16.1. The molecule has 1 fully saturated rings. The Labute approximate surface area is 171 Å². The molecule has 0 saturated carbocycles. The lowest BCUT2D eigenvalue weighted by Gasteiger charge is -2.30. The van der Waals surface area contributed by atoms with Crippen LogP contribution in [-0.4, -0.2) is 50.3 Å². The molecule has 29 heavy (non-hydrogen) atoms. The molecule has 1 atom stereocenters. The maximum atomic E-state index is 13.0. The van der Waals surface area contributed by atoms with Crippen molar-refractivity contribution in [3.05, 3.63) is 46.8 Å². The van der Waals surface area contributed by atoms with Crippen molar-refractivity contribution < 1.29 is 13.3 Å². The number of sulfonamides is 1. The van der Waals surface area contributed by atoms with Gasteiger partial charge in [-0.2, -0.15) is 9.29 Å². The predicted molar refractivity (Wildman–Crippen MR) is 105 cm³/mol. The van der Waals surface area contributed by atoms with E-state index >= 15 is 0 Å². The van der Waals surface area contributed by atoms with Crippen molar-refractivity contribution in [2.45, 2.75) is 34.7 Å². The van der Waals surface area contributed by atoms with Crippen molar-refractivity contribution in [2.75, 3.05) is 13.1 Å². The second-order valence-corrected chi connectivity index (χ2v) is 9.80. The first-order chi connectivity index (χ1) is 13.8. The van der Waals surface area contributed by atoms with Crippen LogP contribution in [-0.2, 0) is 10.0 Å². The van der Waals surface area contributed by atoms with Crippen molar-refractivity contribution in [1.82, 2.24) is 23.9 Å². The molecular formula is C17H18N6O4S2. The summed E-state index contributed by atoms with van der Waals surface area (Å²) in [6.07, 6.45) is 5.00. The second kappa shape index (κ2) is 7.69. The average Bonchev–Trinajstić information content (AvgIpc) is 3.10. The minimum atomic E-state index is -3.79. The fourth-order valence-electron chi connectivity index (χ4n) is 3.26. The quantitative estimate of drug-likeness (QED) is 0.443. The monoisotopic (exact) mass is 434 g/mol. The average molecular weight is 435 g/mol. The summed E-state index contributed by atoms with van der Waals surface area (Å²) >= 11 is 0.990. The van der Waals surface area contributed by atoms with Crippen LogP contribution in [0, 0.1) is 16.0 Å². The third-order valence-electron chi connectivity index (χ3n) is 4.68. The Bertz CT molecular complexity index is 1150. The summed E-state index contributed by atoms with van der Waals surface area (Å²) < 4.78 is 28.8. The molecule has 12 heteroatoms. The van der Waals surface area contributed by atoms with E-state index < -0.39 is 14.9 Å². The molecule has 3 heterocycles. The molecule has 1 aliphatic rings. The second-order valence-electron chi connectivity index (χ2n) is 6.86. The summed E-state index contributed by atoms with van der Waals surface area (Å²) in [6.45, 7) is 2.85. The van der Waals surface area contributed by atoms with Crippen LogP contribution in [0.5, 0.6) is 0 Å². The largest absolute Gasteiger partial charge is 0.284 e. The zero-order chi connectivity index (χ0) is 20.6. The fraction of sp³-hybridized carbons (Fsp3) is 0.353. The molecule has 2 aromatic heterocycles. The number of benzene rings is 1. The van der Waals surface area contributed by atoms with Crippen molar-refractivity contribution in [1.29, 1.82) is 0 Å². The zero-order valence-electron chi connectivity index (χ0n) is 15.5. The van der Waals surface area contributed by atoms with Gasteiger partial charge in [0.15, 0.2) is 0 Å². The third-order valence-corrected chi connectivity index (χ3v) is 7.46. The van der Waals surface area contributed by atoms with Gasteiger partial charge in [0, 0.05) is 31.5 Å². The highest BCUT2D eigenvalue weighted by Gasteiger charge is 2.31. The molecule has 1 aliphatic heterocycles. The molecule has 0 radical (unpaired) electrons. The highest BCUT2D eigenvalue weighted by Crippen LogP contribution is 2.36. The van der Waals surface area contributed by atoms with Gasteiger partial charge < -0.3 is 0 Å². The highest BCUT2D eigenvalue weighted by molar-refractivity contribution is 7.99. The van der Waals surface area contributed by atoms with E-state index in [1.54, 1.807) is 18.5 Å². The minimum absolute atomic E-state index is 0.0766. The number of nitro benzene ring substituents is 1. The van der Waals surface area contributed by atoms with Crippen LogP contribution in [0.2, 0.25) is 0 Å². The first-order valence-corrected chi connectivity index (χ1v) is 11.2. The van der Waals surface area contributed by atoms with Gasteiger partial charge in [-0.15, -0.1) is 5.10 Å². The molecule has 0 aliphatic carbocycles. The van der Waals surface area contributed by atoms with Gasteiger partial charge >= 0.3 is 0 Å². The van der Waals surface area contributed by atoms with Gasteiger partial charge in [-0.25, -0.2) is 17.9 Å². The number of aromatic nitrogens is 4. The van der Waals surface area contributed by atoms with E-state index in [-0.39, 0.29) is 26.6 Å². The van der Waals surface area contributed by atoms with Crippen LogP contribution in [0.15, 0.2) is 51.6 Å². The van der Waals surface area contributed by atoms with E-state index in [0.717, 1.165) is 30.7 Å². The Morgan fingerprint density at radius 1 is 1.34 bits per heavy atom. The van der Waals surface area contributed by atoms with Gasteiger partial charge in [-0.3, -0.25) is 10.1 Å². The van der Waals surface area contributed by atoms with Gasteiger partial charge in [0.05, 0.1) is 14.7 Å². The number of fused-ring (bicyclic) bond motifs is 1. The Morgan fingerprint density at radius 2 is 2.17 bits per heavy atom. The lowest BCUT2D eigenvalue weighted by molar-refractivity contribution is -0.388. The predicted octanol–water partition coefficient (Wildman–Crippen LogP) is 2.60. The van der Waals surface area contributed by atoms with Gasteiger partial charge in [0.2, 0.25) is 15.2 Å². The van der Waals surface area contributed by atoms with Crippen LogP contribution >= 0.6 is 11.8 Å². The number of piperidine rings is 1. The van der Waals surface area contributed by atoms with Gasteiger partial charge in [-0.1, -0.05) is 6.92 Å². The summed E-state index contributed by atoms with van der Waals surface area (Å²) in [4.78, 5) is 19.5. The van der Waals surface area contributed by atoms with Crippen molar-refractivity contribution in [3.63, 3.8) is 0 Å². The minimum Gasteiger partial charge on any atom is -0.258 e. The molecule has 152 valence electrons. The standard InChI is InChI=1S/C17H18N6O4S2/c1-12-4-2-8-21(11-12)29(26,27)13-5-6-15(14(10-13)23(24)25)28-17-19-16-18-7-3-9-22(16)20-17/h3,5-7,9-10,12H,2,4,8,11H2,1H3. The number of nitrogens with zero attached hydrogens (tertiary/aromatic N) is 6.